The Kier molecular flexibility index (Phi) is 4.40. The van der Waals surface area contributed by atoms with Crippen LogP contribution in [0.15, 0.2) is 36.5 Å². The van der Waals surface area contributed by atoms with Gasteiger partial charge in [0, 0.05) is 24.8 Å². The average molecular weight is 338 g/mol. The van der Waals surface area contributed by atoms with Crippen LogP contribution in [-0.4, -0.2) is 36.8 Å². The Labute approximate surface area is 147 Å². The molecule has 1 aromatic heterocycles. The number of ether oxygens (including phenoxy) is 2. The number of hydrogen-bond donors (Lipinski definition) is 1. The van der Waals surface area contributed by atoms with E-state index in [9.17, 15) is 4.79 Å². The average Bonchev–Trinajstić information content (AvgIpc) is 3.29. The van der Waals surface area contributed by atoms with E-state index < -0.39 is 0 Å². The van der Waals surface area contributed by atoms with Crippen LogP contribution in [0.2, 0.25) is 0 Å². The van der Waals surface area contributed by atoms with Gasteiger partial charge in [-0.05, 0) is 36.6 Å². The summed E-state index contributed by atoms with van der Waals surface area (Å²) in [5, 5.41) is 3.01. The summed E-state index contributed by atoms with van der Waals surface area (Å²) in [6.45, 7) is 3.75. The van der Waals surface area contributed by atoms with Crippen LogP contribution in [0.3, 0.4) is 0 Å². The number of rotatable bonds is 4. The van der Waals surface area contributed by atoms with Crippen LogP contribution in [-0.2, 0) is 16.0 Å². The molecule has 2 aromatic rings. The maximum absolute atomic E-state index is 12.1. The first-order chi connectivity index (χ1) is 12.2. The second-order valence-electron chi connectivity index (χ2n) is 6.76. The molecule has 2 aliphatic rings. The van der Waals surface area contributed by atoms with Crippen molar-refractivity contribution in [3.63, 3.8) is 0 Å². The number of benzene rings is 1. The topological polar surface area (TPSA) is 60.5 Å². The molecule has 5 nitrogen and oxygen atoms in total. The molecule has 0 aliphatic carbocycles. The van der Waals surface area contributed by atoms with Gasteiger partial charge in [-0.2, -0.15) is 0 Å². The van der Waals surface area contributed by atoms with Gasteiger partial charge in [-0.15, -0.1) is 0 Å². The van der Waals surface area contributed by atoms with Gasteiger partial charge in [0.1, 0.15) is 11.9 Å². The number of nitrogens with one attached hydrogen (secondary N) is 1. The molecule has 1 fully saturated rings. The summed E-state index contributed by atoms with van der Waals surface area (Å²) >= 11 is 0. The fourth-order valence-electron chi connectivity index (χ4n) is 3.38. The van der Waals surface area contributed by atoms with Crippen molar-refractivity contribution in [3.8, 4) is 17.0 Å². The highest BCUT2D eigenvalue weighted by Gasteiger charge is 2.28. The molecule has 4 rings (SSSR count). The Morgan fingerprint density at radius 2 is 2.24 bits per heavy atom. The number of para-hydroxylation sites is 1. The minimum absolute atomic E-state index is 0.0175. The van der Waals surface area contributed by atoms with Crippen LogP contribution in [0.1, 0.15) is 17.5 Å². The van der Waals surface area contributed by atoms with E-state index in [1.807, 2.05) is 31.3 Å². The Balaban J connectivity index is 1.44. The summed E-state index contributed by atoms with van der Waals surface area (Å²) < 4.78 is 11.4. The van der Waals surface area contributed by atoms with Gasteiger partial charge >= 0.3 is 0 Å². The molecule has 1 aromatic carbocycles. The number of aromatic nitrogens is 1. The number of pyridine rings is 1. The fraction of sp³-hybridized carbons (Fsp3) is 0.400. The standard InChI is InChI=1S/C20H22N2O3/c1-13-5-6-18(21-10-13)17-4-2-3-14-9-16(25-19(14)17)11-22-20(23)15-7-8-24-12-15/h2-6,10,15-16H,7-9,11-12H2,1H3,(H,22,23)/t15-,16+/m1/s1. The summed E-state index contributed by atoms with van der Waals surface area (Å²) in [5.74, 6) is 0.941. The Morgan fingerprint density at radius 3 is 3.00 bits per heavy atom. The van der Waals surface area contributed by atoms with Crippen LogP contribution in [0.4, 0.5) is 0 Å². The van der Waals surface area contributed by atoms with Crippen molar-refractivity contribution < 1.29 is 14.3 Å². The number of carbonyl (C=O) groups excluding carboxylic acids is 1. The zero-order valence-corrected chi connectivity index (χ0v) is 14.3. The molecule has 1 N–H and O–H groups in total. The van der Waals surface area contributed by atoms with E-state index in [1.165, 1.54) is 5.56 Å². The highest BCUT2D eigenvalue weighted by atomic mass is 16.5. The lowest BCUT2D eigenvalue weighted by Crippen LogP contribution is -2.38. The lowest BCUT2D eigenvalue weighted by Gasteiger charge is -2.15. The van der Waals surface area contributed by atoms with Gasteiger partial charge in [-0.3, -0.25) is 9.78 Å². The van der Waals surface area contributed by atoms with Crippen LogP contribution < -0.4 is 10.1 Å². The monoisotopic (exact) mass is 338 g/mol. The van der Waals surface area contributed by atoms with Crippen molar-refractivity contribution in [2.24, 2.45) is 5.92 Å². The maximum atomic E-state index is 12.1. The number of hydrogen-bond acceptors (Lipinski definition) is 4. The zero-order chi connectivity index (χ0) is 17.2. The van der Waals surface area contributed by atoms with Crippen LogP contribution in [0.25, 0.3) is 11.3 Å². The predicted octanol–water partition coefficient (Wildman–Crippen LogP) is 2.51. The molecule has 3 heterocycles. The first-order valence-corrected chi connectivity index (χ1v) is 8.78. The number of amides is 1. The molecule has 2 aliphatic heterocycles. The fourth-order valence-corrected chi connectivity index (χ4v) is 3.38. The lowest BCUT2D eigenvalue weighted by molar-refractivity contribution is -0.125. The largest absolute Gasteiger partial charge is 0.487 e. The van der Waals surface area contributed by atoms with Crippen molar-refractivity contribution in [3.05, 3.63) is 47.7 Å². The third-order valence-corrected chi connectivity index (χ3v) is 4.82. The Hall–Kier alpha value is -2.40. The summed E-state index contributed by atoms with van der Waals surface area (Å²) in [7, 11) is 0. The molecule has 130 valence electrons. The summed E-state index contributed by atoms with van der Waals surface area (Å²) in [5.41, 5.74) is 4.22. The molecular weight excluding hydrogens is 316 g/mol. The quantitative estimate of drug-likeness (QED) is 0.930. The van der Waals surface area contributed by atoms with Gasteiger partial charge < -0.3 is 14.8 Å². The number of nitrogens with zero attached hydrogens (tertiary/aromatic N) is 1. The Morgan fingerprint density at radius 1 is 1.32 bits per heavy atom. The third kappa shape index (κ3) is 3.37. The van der Waals surface area contributed by atoms with Gasteiger partial charge in [0.25, 0.3) is 0 Å². The number of carbonyl (C=O) groups is 1. The number of fused-ring (bicyclic) bond motifs is 1. The van der Waals surface area contributed by atoms with Crippen LogP contribution >= 0.6 is 0 Å². The minimum Gasteiger partial charge on any atom is -0.487 e. The van der Waals surface area contributed by atoms with Crippen LogP contribution in [0.5, 0.6) is 5.75 Å². The highest BCUT2D eigenvalue weighted by Crippen LogP contribution is 2.37. The first-order valence-electron chi connectivity index (χ1n) is 8.78. The van der Waals surface area contributed by atoms with Gasteiger partial charge in [-0.1, -0.05) is 18.2 Å². The van der Waals surface area contributed by atoms with Crippen molar-refractivity contribution >= 4 is 5.91 Å². The van der Waals surface area contributed by atoms with E-state index >= 15 is 0 Å². The van der Waals surface area contributed by atoms with Gasteiger partial charge in [0.15, 0.2) is 0 Å². The molecule has 0 bridgehead atoms. The molecule has 25 heavy (non-hydrogen) atoms. The third-order valence-electron chi connectivity index (χ3n) is 4.82. The van der Waals surface area contributed by atoms with Crippen molar-refractivity contribution in [1.29, 1.82) is 0 Å². The predicted molar refractivity (Wildman–Crippen MR) is 94.5 cm³/mol. The highest BCUT2D eigenvalue weighted by molar-refractivity contribution is 5.79. The zero-order valence-electron chi connectivity index (χ0n) is 14.3. The molecule has 1 amide bonds. The van der Waals surface area contributed by atoms with E-state index in [0.717, 1.165) is 35.4 Å². The normalized spacial score (nSPS) is 21.6. The summed E-state index contributed by atoms with van der Waals surface area (Å²) in [6.07, 6.45) is 3.44. The molecule has 1 saturated heterocycles. The second kappa shape index (κ2) is 6.84. The van der Waals surface area contributed by atoms with Crippen LogP contribution in [0, 0.1) is 12.8 Å². The van der Waals surface area contributed by atoms with Gasteiger partial charge in [0.05, 0.1) is 24.8 Å². The second-order valence-corrected chi connectivity index (χ2v) is 6.76. The smallest absolute Gasteiger partial charge is 0.225 e. The van der Waals surface area contributed by atoms with Crippen molar-refractivity contribution in [2.75, 3.05) is 19.8 Å². The first kappa shape index (κ1) is 16.1. The van der Waals surface area contributed by atoms with Crippen molar-refractivity contribution in [1.82, 2.24) is 10.3 Å². The van der Waals surface area contributed by atoms with E-state index in [1.54, 1.807) is 0 Å². The van der Waals surface area contributed by atoms with E-state index in [4.69, 9.17) is 9.47 Å². The molecule has 5 heteroatoms. The molecule has 0 unspecified atom stereocenters. The molecular formula is C20H22N2O3. The number of aryl methyl sites for hydroxylation is 1. The summed E-state index contributed by atoms with van der Waals surface area (Å²) in [4.78, 5) is 16.7. The molecule has 0 saturated carbocycles. The molecule has 0 spiro atoms. The maximum Gasteiger partial charge on any atom is 0.225 e. The Bertz CT molecular complexity index is 767. The van der Waals surface area contributed by atoms with Gasteiger partial charge in [0.2, 0.25) is 5.91 Å². The van der Waals surface area contributed by atoms with E-state index in [0.29, 0.717) is 19.8 Å². The SMILES string of the molecule is Cc1ccc(-c2cccc3c2O[C@H](CNC(=O)[C@@H]2CCOC2)C3)nc1. The molecule has 2 atom stereocenters. The van der Waals surface area contributed by atoms with Gasteiger partial charge in [-0.25, -0.2) is 0 Å². The minimum atomic E-state index is -0.0344. The van der Waals surface area contributed by atoms with Crippen molar-refractivity contribution in [2.45, 2.75) is 25.9 Å². The van der Waals surface area contributed by atoms with E-state index in [2.05, 4.69) is 22.4 Å². The molecule has 0 radical (unpaired) electrons. The summed E-state index contributed by atoms with van der Waals surface area (Å²) in [6, 6.07) is 10.2. The van der Waals surface area contributed by atoms with E-state index in [-0.39, 0.29) is 17.9 Å². The lowest BCUT2D eigenvalue weighted by atomic mass is 10.0.